The van der Waals surface area contributed by atoms with Gasteiger partial charge in [0.05, 0.1) is 18.5 Å². The summed E-state index contributed by atoms with van der Waals surface area (Å²) in [6.45, 7) is 1.43. The molecule has 19 heavy (non-hydrogen) atoms. The van der Waals surface area contributed by atoms with Gasteiger partial charge in [-0.3, -0.25) is 4.79 Å². The van der Waals surface area contributed by atoms with E-state index in [1.165, 1.54) is 12.3 Å². The second-order valence-electron chi connectivity index (χ2n) is 3.76. The molecule has 0 aliphatic heterocycles. The first-order chi connectivity index (χ1) is 9.13. The van der Waals surface area contributed by atoms with Crippen LogP contribution < -0.4 is 10.6 Å². The summed E-state index contributed by atoms with van der Waals surface area (Å²) in [6, 6.07) is 3.02. The Balaban J connectivity index is 2.25. The van der Waals surface area contributed by atoms with E-state index in [0.29, 0.717) is 31.8 Å². The number of carboxylic acid groups (broad SMARTS) is 1. The Labute approximate surface area is 111 Å². The Morgan fingerprint density at radius 2 is 2.16 bits per heavy atom. The van der Waals surface area contributed by atoms with Crippen molar-refractivity contribution in [1.82, 2.24) is 10.3 Å². The van der Waals surface area contributed by atoms with Crippen LogP contribution in [0.25, 0.3) is 0 Å². The predicted octanol–water partition coefficient (Wildman–Crippen LogP) is 0.344. The van der Waals surface area contributed by atoms with Crippen LogP contribution in [-0.4, -0.2) is 48.8 Å². The maximum absolute atomic E-state index is 11.4. The van der Waals surface area contributed by atoms with Crippen molar-refractivity contribution < 1.29 is 19.4 Å². The van der Waals surface area contributed by atoms with E-state index < -0.39 is 5.97 Å². The van der Waals surface area contributed by atoms with Gasteiger partial charge in [-0.25, -0.2) is 9.78 Å². The molecule has 1 heterocycles. The van der Waals surface area contributed by atoms with Crippen LogP contribution in [0.5, 0.6) is 0 Å². The summed E-state index contributed by atoms with van der Waals surface area (Å²) in [4.78, 5) is 25.7. The van der Waals surface area contributed by atoms with Gasteiger partial charge in [-0.05, 0) is 12.1 Å². The van der Waals surface area contributed by atoms with Gasteiger partial charge in [0.25, 0.3) is 0 Å². The number of rotatable bonds is 8. The second kappa shape index (κ2) is 8.04. The molecule has 1 aromatic rings. The van der Waals surface area contributed by atoms with Crippen molar-refractivity contribution in [2.24, 2.45) is 0 Å². The number of pyridine rings is 1. The normalized spacial score (nSPS) is 9.95. The van der Waals surface area contributed by atoms with Crippen LogP contribution in [0.3, 0.4) is 0 Å². The Morgan fingerprint density at radius 1 is 1.37 bits per heavy atom. The zero-order chi connectivity index (χ0) is 14.1. The highest BCUT2D eigenvalue weighted by molar-refractivity contribution is 5.85. The highest BCUT2D eigenvalue weighted by Crippen LogP contribution is 2.05. The lowest BCUT2D eigenvalue weighted by Gasteiger charge is -2.07. The Kier molecular flexibility index (Phi) is 6.31. The SMILES string of the molecule is COCCNC(=O)CCNc1ccc(C(=O)O)nc1. The maximum Gasteiger partial charge on any atom is 0.354 e. The van der Waals surface area contributed by atoms with E-state index in [9.17, 15) is 9.59 Å². The highest BCUT2D eigenvalue weighted by Gasteiger charge is 2.04. The number of aromatic carboxylic acids is 1. The average Bonchev–Trinajstić information content (AvgIpc) is 2.39. The van der Waals surface area contributed by atoms with Crippen LogP contribution in [0.1, 0.15) is 16.9 Å². The van der Waals surface area contributed by atoms with Crippen LogP contribution in [0.2, 0.25) is 0 Å². The highest BCUT2D eigenvalue weighted by atomic mass is 16.5. The minimum Gasteiger partial charge on any atom is -0.477 e. The molecule has 0 unspecified atom stereocenters. The molecule has 0 radical (unpaired) electrons. The van der Waals surface area contributed by atoms with Crippen molar-refractivity contribution in [1.29, 1.82) is 0 Å². The van der Waals surface area contributed by atoms with Gasteiger partial charge in [0.1, 0.15) is 5.69 Å². The van der Waals surface area contributed by atoms with Crippen LogP contribution in [0.15, 0.2) is 18.3 Å². The number of ether oxygens (including phenoxy) is 1. The molecule has 0 bridgehead atoms. The lowest BCUT2D eigenvalue weighted by molar-refractivity contribution is -0.121. The molecule has 1 rings (SSSR count). The fraction of sp³-hybridized carbons (Fsp3) is 0.417. The number of carboxylic acids is 1. The van der Waals surface area contributed by atoms with Gasteiger partial charge in [0, 0.05) is 26.6 Å². The molecule has 3 N–H and O–H groups in total. The molecule has 1 amide bonds. The van der Waals surface area contributed by atoms with Gasteiger partial charge >= 0.3 is 5.97 Å². The van der Waals surface area contributed by atoms with Crippen LogP contribution in [-0.2, 0) is 9.53 Å². The van der Waals surface area contributed by atoms with Crippen molar-refractivity contribution >= 4 is 17.6 Å². The average molecular weight is 267 g/mol. The fourth-order valence-corrected chi connectivity index (χ4v) is 1.33. The molecule has 0 spiro atoms. The molecule has 7 heteroatoms. The topological polar surface area (TPSA) is 101 Å². The third-order valence-electron chi connectivity index (χ3n) is 2.29. The first-order valence-electron chi connectivity index (χ1n) is 5.82. The van der Waals surface area contributed by atoms with Crippen LogP contribution >= 0.6 is 0 Å². The van der Waals surface area contributed by atoms with Gasteiger partial charge in [0.2, 0.25) is 5.91 Å². The van der Waals surface area contributed by atoms with Crippen molar-refractivity contribution in [2.75, 3.05) is 32.1 Å². The minimum absolute atomic E-state index is 0.0112. The Bertz CT molecular complexity index is 419. The molecule has 0 aromatic carbocycles. The van der Waals surface area contributed by atoms with Gasteiger partial charge in [-0.15, -0.1) is 0 Å². The third-order valence-corrected chi connectivity index (χ3v) is 2.29. The number of hydrogen-bond acceptors (Lipinski definition) is 5. The minimum atomic E-state index is -1.07. The summed E-state index contributed by atoms with van der Waals surface area (Å²) in [5, 5.41) is 14.4. The number of carbonyl (C=O) groups is 2. The monoisotopic (exact) mass is 267 g/mol. The van der Waals surface area contributed by atoms with Gasteiger partial charge in [0.15, 0.2) is 0 Å². The van der Waals surface area contributed by atoms with Crippen molar-refractivity contribution in [2.45, 2.75) is 6.42 Å². The molecule has 0 saturated heterocycles. The summed E-state index contributed by atoms with van der Waals surface area (Å²) in [7, 11) is 1.57. The molecule has 0 atom stereocenters. The van der Waals surface area contributed by atoms with Crippen molar-refractivity contribution in [3.05, 3.63) is 24.0 Å². The number of anilines is 1. The first kappa shape index (κ1) is 14.9. The smallest absolute Gasteiger partial charge is 0.354 e. The largest absolute Gasteiger partial charge is 0.477 e. The Hall–Kier alpha value is -2.15. The molecule has 1 aromatic heterocycles. The number of carbonyl (C=O) groups excluding carboxylic acids is 1. The van der Waals surface area contributed by atoms with E-state index in [4.69, 9.17) is 9.84 Å². The zero-order valence-electron chi connectivity index (χ0n) is 10.7. The lowest BCUT2D eigenvalue weighted by Crippen LogP contribution is -2.28. The standard InChI is InChI=1S/C12H17N3O4/c1-19-7-6-14-11(16)4-5-13-9-2-3-10(12(17)18)15-8-9/h2-3,8,13H,4-7H2,1H3,(H,14,16)(H,17,18). The number of nitrogens with one attached hydrogen (secondary N) is 2. The summed E-state index contributed by atoms with van der Waals surface area (Å²) in [6.07, 6.45) is 1.75. The number of methoxy groups -OCH3 is 1. The molecular formula is C12H17N3O4. The summed E-state index contributed by atoms with van der Waals surface area (Å²) in [5.74, 6) is -1.14. The quantitative estimate of drug-likeness (QED) is 0.587. The number of hydrogen-bond donors (Lipinski definition) is 3. The van der Waals surface area contributed by atoms with E-state index in [2.05, 4.69) is 15.6 Å². The van der Waals surface area contributed by atoms with Crippen molar-refractivity contribution in [3.8, 4) is 0 Å². The lowest BCUT2D eigenvalue weighted by atomic mass is 10.3. The maximum atomic E-state index is 11.4. The number of amides is 1. The molecule has 0 fully saturated rings. The number of aromatic nitrogens is 1. The van der Waals surface area contributed by atoms with Gasteiger partial charge in [-0.1, -0.05) is 0 Å². The van der Waals surface area contributed by atoms with E-state index >= 15 is 0 Å². The van der Waals surface area contributed by atoms with E-state index in [1.807, 2.05) is 0 Å². The fourth-order valence-electron chi connectivity index (χ4n) is 1.33. The first-order valence-corrected chi connectivity index (χ1v) is 5.82. The summed E-state index contributed by atoms with van der Waals surface area (Å²) < 4.78 is 4.81. The third kappa shape index (κ3) is 5.82. The predicted molar refractivity (Wildman–Crippen MR) is 69.2 cm³/mol. The van der Waals surface area contributed by atoms with E-state index in [1.54, 1.807) is 13.2 Å². The van der Waals surface area contributed by atoms with Gasteiger partial charge in [-0.2, -0.15) is 0 Å². The molecule has 0 aliphatic rings. The molecule has 7 nitrogen and oxygen atoms in total. The zero-order valence-corrected chi connectivity index (χ0v) is 10.7. The van der Waals surface area contributed by atoms with E-state index in [0.717, 1.165) is 0 Å². The van der Waals surface area contributed by atoms with Crippen LogP contribution in [0.4, 0.5) is 5.69 Å². The summed E-state index contributed by atoms with van der Waals surface area (Å²) >= 11 is 0. The molecular weight excluding hydrogens is 250 g/mol. The number of nitrogens with zero attached hydrogens (tertiary/aromatic N) is 1. The van der Waals surface area contributed by atoms with Gasteiger partial charge < -0.3 is 20.5 Å². The molecule has 0 saturated carbocycles. The Morgan fingerprint density at radius 3 is 2.74 bits per heavy atom. The molecule has 0 aliphatic carbocycles. The van der Waals surface area contributed by atoms with E-state index in [-0.39, 0.29) is 11.6 Å². The van der Waals surface area contributed by atoms with Crippen molar-refractivity contribution in [3.63, 3.8) is 0 Å². The second-order valence-corrected chi connectivity index (χ2v) is 3.76. The van der Waals surface area contributed by atoms with Crippen LogP contribution in [0, 0.1) is 0 Å². The summed E-state index contributed by atoms with van der Waals surface area (Å²) in [5.41, 5.74) is 0.664. The molecule has 104 valence electrons.